The van der Waals surface area contributed by atoms with Crippen molar-refractivity contribution < 1.29 is 23.7 Å². The highest BCUT2D eigenvalue weighted by atomic mass is 16.6. The van der Waals surface area contributed by atoms with E-state index in [4.69, 9.17) is 18.9 Å². The predicted molar refractivity (Wildman–Crippen MR) is 70.4 cm³/mol. The standard InChI is InChI=1S/C14H18O5/c1-4-14(15)19-10-11(16-2)9-18-13-8-6-5-7-12(13)17-3/h4-8,11H,1,9-10H2,2-3H3. The molecule has 1 rings (SSSR count). The van der Waals surface area contributed by atoms with Gasteiger partial charge in [0.05, 0.1) is 7.11 Å². The highest BCUT2D eigenvalue weighted by Gasteiger charge is 2.12. The summed E-state index contributed by atoms with van der Waals surface area (Å²) < 4.78 is 20.8. The van der Waals surface area contributed by atoms with Gasteiger partial charge in [0.2, 0.25) is 0 Å². The Morgan fingerprint density at radius 1 is 1.26 bits per heavy atom. The Labute approximate surface area is 112 Å². The first-order chi connectivity index (χ1) is 9.21. The highest BCUT2D eigenvalue weighted by molar-refractivity contribution is 5.81. The van der Waals surface area contributed by atoms with E-state index in [1.807, 2.05) is 12.1 Å². The van der Waals surface area contributed by atoms with Crippen LogP contribution in [0.1, 0.15) is 0 Å². The predicted octanol–water partition coefficient (Wildman–Crippen LogP) is 1.82. The molecule has 1 atom stereocenters. The summed E-state index contributed by atoms with van der Waals surface area (Å²) in [7, 11) is 3.10. The van der Waals surface area contributed by atoms with Crippen molar-refractivity contribution in [2.24, 2.45) is 0 Å². The minimum atomic E-state index is -0.487. The van der Waals surface area contributed by atoms with Crippen LogP contribution in [0.15, 0.2) is 36.9 Å². The van der Waals surface area contributed by atoms with Crippen LogP contribution in [-0.2, 0) is 14.3 Å². The largest absolute Gasteiger partial charge is 0.493 e. The summed E-state index contributed by atoms with van der Waals surface area (Å²) in [5.74, 6) is 0.766. The molecule has 0 saturated heterocycles. The van der Waals surface area contributed by atoms with E-state index in [0.29, 0.717) is 11.5 Å². The molecular weight excluding hydrogens is 248 g/mol. The number of hydrogen-bond acceptors (Lipinski definition) is 5. The van der Waals surface area contributed by atoms with Gasteiger partial charge >= 0.3 is 5.97 Å². The number of hydrogen-bond donors (Lipinski definition) is 0. The molecule has 0 heterocycles. The van der Waals surface area contributed by atoms with Crippen LogP contribution in [-0.4, -0.2) is 39.5 Å². The lowest BCUT2D eigenvalue weighted by Gasteiger charge is -2.17. The van der Waals surface area contributed by atoms with Gasteiger partial charge in [-0.2, -0.15) is 0 Å². The third-order valence-corrected chi connectivity index (χ3v) is 2.41. The lowest BCUT2D eigenvalue weighted by molar-refractivity contribution is -0.141. The fraction of sp³-hybridized carbons (Fsp3) is 0.357. The molecule has 0 aliphatic heterocycles. The second kappa shape index (κ2) is 8.16. The Hall–Kier alpha value is -2.01. The monoisotopic (exact) mass is 266 g/mol. The Bertz CT molecular complexity index is 416. The van der Waals surface area contributed by atoms with Crippen molar-refractivity contribution in [3.8, 4) is 11.5 Å². The molecule has 5 heteroatoms. The number of para-hydroxylation sites is 2. The first-order valence-corrected chi connectivity index (χ1v) is 5.79. The number of benzene rings is 1. The van der Waals surface area contributed by atoms with Crippen LogP contribution < -0.4 is 9.47 Å². The maximum atomic E-state index is 11.0. The maximum absolute atomic E-state index is 11.0. The van der Waals surface area contributed by atoms with E-state index < -0.39 is 5.97 Å². The number of ether oxygens (including phenoxy) is 4. The van der Waals surface area contributed by atoms with Crippen molar-refractivity contribution in [3.05, 3.63) is 36.9 Å². The van der Waals surface area contributed by atoms with Crippen LogP contribution >= 0.6 is 0 Å². The molecule has 5 nitrogen and oxygen atoms in total. The summed E-state index contributed by atoms with van der Waals surface area (Å²) in [6.45, 7) is 3.68. The van der Waals surface area contributed by atoms with Gasteiger partial charge in [0.1, 0.15) is 19.3 Å². The molecule has 0 amide bonds. The van der Waals surface area contributed by atoms with E-state index in [2.05, 4.69) is 6.58 Å². The minimum Gasteiger partial charge on any atom is -0.493 e. The quantitative estimate of drug-likeness (QED) is 0.530. The number of rotatable bonds is 8. The lowest BCUT2D eigenvalue weighted by Crippen LogP contribution is -2.27. The third-order valence-electron chi connectivity index (χ3n) is 2.41. The van der Waals surface area contributed by atoms with Gasteiger partial charge in [0, 0.05) is 13.2 Å². The molecule has 0 N–H and O–H groups in total. The zero-order valence-electron chi connectivity index (χ0n) is 11.1. The van der Waals surface area contributed by atoms with Gasteiger partial charge < -0.3 is 18.9 Å². The summed E-state index contributed by atoms with van der Waals surface area (Å²) in [6.07, 6.45) is 0.752. The summed E-state index contributed by atoms with van der Waals surface area (Å²) >= 11 is 0. The molecular formula is C14H18O5. The molecule has 1 aromatic carbocycles. The smallest absolute Gasteiger partial charge is 0.330 e. The van der Waals surface area contributed by atoms with Crippen molar-refractivity contribution in [2.75, 3.05) is 27.4 Å². The van der Waals surface area contributed by atoms with E-state index >= 15 is 0 Å². The lowest BCUT2D eigenvalue weighted by atomic mass is 10.3. The molecule has 104 valence electrons. The third kappa shape index (κ3) is 5.01. The number of carbonyl (C=O) groups is 1. The van der Waals surface area contributed by atoms with Gasteiger partial charge in [-0.3, -0.25) is 0 Å². The first kappa shape index (κ1) is 15.0. The van der Waals surface area contributed by atoms with Crippen LogP contribution in [0, 0.1) is 0 Å². The number of methoxy groups -OCH3 is 2. The van der Waals surface area contributed by atoms with Gasteiger partial charge in [-0.1, -0.05) is 18.7 Å². The summed E-state index contributed by atoms with van der Waals surface area (Å²) in [6, 6.07) is 7.29. The van der Waals surface area contributed by atoms with Crippen molar-refractivity contribution in [3.63, 3.8) is 0 Å². The number of carbonyl (C=O) groups excluding carboxylic acids is 1. The van der Waals surface area contributed by atoms with Crippen molar-refractivity contribution in [1.82, 2.24) is 0 Å². The molecule has 0 spiro atoms. The fourth-order valence-corrected chi connectivity index (χ4v) is 1.34. The van der Waals surface area contributed by atoms with E-state index in [0.717, 1.165) is 6.08 Å². The molecule has 0 saturated carbocycles. The second-order valence-corrected chi connectivity index (χ2v) is 3.65. The summed E-state index contributed by atoms with van der Waals surface area (Å²) in [5.41, 5.74) is 0. The average Bonchev–Trinajstić information content (AvgIpc) is 2.47. The highest BCUT2D eigenvalue weighted by Crippen LogP contribution is 2.25. The zero-order valence-corrected chi connectivity index (χ0v) is 11.1. The molecule has 0 aromatic heterocycles. The van der Waals surface area contributed by atoms with E-state index in [1.54, 1.807) is 19.2 Å². The molecule has 0 aliphatic carbocycles. The van der Waals surface area contributed by atoms with Crippen molar-refractivity contribution in [1.29, 1.82) is 0 Å². The van der Waals surface area contributed by atoms with Crippen molar-refractivity contribution in [2.45, 2.75) is 6.10 Å². The molecule has 0 bridgehead atoms. The Morgan fingerprint density at radius 2 is 1.95 bits per heavy atom. The normalized spacial score (nSPS) is 11.5. The van der Waals surface area contributed by atoms with E-state index in [9.17, 15) is 4.79 Å². The van der Waals surface area contributed by atoms with Crippen molar-refractivity contribution >= 4 is 5.97 Å². The van der Waals surface area contributed by atoms with Gasteiger partial charge in [0.25, 0.3) is 0 Å². The molecule has 0 radical (unpaired) electrons. The topological polar surface area (TPSA) is 54.0 Å². The Morgan fingerprint density at radius 3 is 2.53 bits per heavy atom. The van der Waals surface area contributed by atoms with Crippen LogP contribution in [0.5, 0.6) is 11.5 Å². The molecule has 0 fully saturated rings. The van der Waals surface area contributed by atoms with Gasteiger partial charge in [-0.05, 0) is 12.1 Å². The van der Waals surface area contributed by atoms with E-state index in [1.165, 1.54) is 7.11 Å². The molecule has 1 unspecified atom stereocenters. The van der Waals surface area contributed by atoms with Crippen LogP contribution in [0.4, 0.5) is 0 Å². The number of esters is 1. The fourth-order valence-electron chi connectivity index (χ4n) is 1.34. The van der Waals surface area contributed by atoms with Crippen LogP contribution in [0.25, 0.3) is 0 Å². The molecule has 19 heavy (non-hydrogen) atoms. The second-order valence-electron chi connectivity index (χ2n) is 3.65. The molecule has 0 aliphatic rings. The van der Waals surface area contributed by atoms with Gasteiger partial charge in [-0.25, -0.2) is 4.79 Å². The van der Waals surface area contributed by atoms with Gasteiger partial charge in [0.15, 0.2) is 11.5 Å². The summed E-state index contributed by atoms with van der Waals surface area (Å²) in [5, 5.41) is 0. The maximum Gasteiger partial charge on any atom is 0.330 e. The average molecular weight is 266 g/mol. The van der Waals surface area contributed by atoms with E-state index in [-0.39, 0.29) is 19.3 Å². The SMILES string of the molecule is C=CC(=O)OCC(COc1ccccc1OC)OC. The Balaban J connectivity index is 2.48. The van der Waals surface area contributed by atoms with Crippen LogP contribution in [0.3, 0.4) is 0 Å². The molecule has 1 aromatic rings. The first-order valence-electron chi connectivity index (χ1n) is 5.79. The summed E-state index contributed by atoms with van der Waals surface area (Å²) in [4.78, 5) is 11.0. The van der Waals surface area contributed by atoms with Gasteiger partial charge in [-0.15, -0.1) is 0 Å². The minimum absolute atomic E-state index is 0.108. The zero-order chi connectivity index (χ0) is 14.1. The van der Waals surface area contributed by atoms with Crippen LogP contribution in [0.2, 0.25) is 0 Å². The Kier molecular flexibility index (Phi) is 6.46.